The highest BCUT2D eigenvalue weighted by Crippen LogP contribution is 2.44. The van der Waals surface area contributed by atoms with E-state index < -0.39 is 24.2 Å². The number of nitrogens with one attached hydrogen (secondary N) is 1. The zero-order valence-electron chi connectivity index (χ0n) is 16.3. The van der Waals surface area contributed by atoms with Crippen molar-refractivity contribution in [3.05, 3.63) is 88.5 Å². The quantitative estimate of drug-likeness (QED) is 0.505. The lowest BCUT2D eigenvalue weighted by atomic mass is 9.98. The first-order valence-electron chi connectivity index (χ1n) is 9.71. The van der Waals surface area contributed by atoms with Gasteiger partial charge in [0.25, 0.3) is 0 Å². The third-order valence-corrected chi connectivity index (χ3v) is 5.65. The molecule has 31 heavy (non-hydrogen) atoms. The molecule has 1 amide bonds. The standard InChI is InChI=1S/C23H20ClFN2O4/c24-19-10-26-21(25)9-17(19)22(29)20(28)11-27-23(30)31-12-18-15-7-3-1-5-13(15)14-6-2-4-8-16(14)18/h1-10,18,20,22,28-29H,11-12H2,(H,27,30). The van der Waals surface area contributed by atoms with E-state index in [1.165, 1.54) is 0 Å². The largest absolute Gasteiger partial charge is 0.449 e. The minimum Gasteiger partial charge on any atom is -0.449 e. The summed E-state index contributed by atoms with van der Waals surface area (Å²) in [6.45, 7) is -0.183. The van der Waals surface area contributed by atoms with E-state index in [0.29, 0.717) is 0 Å². The van der Waals surface area contributed by atoms with Gasteiger partial charge in [0.15, 0.2) is 0 Å². The Bertz CT molecular complexity index is 1060. The van der Waals surface area contributed by atoms with Crippen LogP contribution in [0.25, 0.3) is 11.1 Å². The molecule has 1 aromatic heterocycles. The molecule has 8 heteroatoms. The van der Waals surface area contributed by atoms with Crippen molar-refractivity contribution >= 4 is 17.7 Å². The molecule has 1 aliphatic carbocycles. The van der Waals surface area contributed by atoms with Gasteiger partial charge in [-0.2, -0.15) is 4.39 Å². The van der Waals surface area contributed by atoms with Crippen LogP contribution in [0.15, 0.2) is 60.8 Å². The molecule has 0 saturated heterocycles. The Hall–Kier alpha value is -3.00. The predicted octanol–water partition coefficient (Wildman–Crippen LogP) is 3.81. The molecule has 2 aromatic carbocycles. The highest BCUT2D eigenvalue weighted by Gasteiger charge is 2.29. The Morgan fingerprint density at radius 3 is 2.39 bits per heavy atom. The summed E-state index contributed by atoms with van der Waals surface area (Å²) in [6, 6.07) is 16.9. The van der Waals surface area contributed by atoms with Crippen LogP contribution < -0.4 is 5.32 Å². The van der Waals surface area contributed by atoms with Crippen LogP contribution in [-0.2, 0) is 4.74 Å². The molecule has 0 radical (unpaired) electrons. The second-order valence-corrected chi connectivity index (χ2v) is 7.65. The van der Waals surface area contributed by atoms with E-state index in [0.717, 1.165) is 34.5 Å². The molecule has 0 fully saturated rings. The van der Waals surface area contributed by atoms with E-state index in [2.05, 4.69) is 10.3 Å². The van der Waals surface area contributed by atoms with Crippen molar-refractivity contribution in [2.45, 2.75) is 18.1 Å². The van der Waals surface area contributed by atoms with Gasteiger partial charge in [-0.05, 0) is 22.3 Å². The molecule has 2 atom stereocenters. The van der Waals surface area contributed by atoms with E-state index in [1.54, 1.807) is 0 Å². The molecule has 0 saturated carbocycles. The number of pyridine rings is 1. The van der Waals surface area contributed by atoms with Crippen LogP contribution in [0, 0.1) is 5.95 Å². The molecule has 0 aliphatic heterocycles. The number of alkyl carbamates (subject to hydrolysis) is 1. The number of fused-ring (bicyclic) bond motifs is 3. The molecule has 0 bridgehead atoms. The van der Waals surface area contributed by atoms with Gasteiger partial charge in [0.2, 0.25) is 5.95 Å². The van der Waals surface area contributed by atoms with Gasteiger partial charge in [0.05, 0.1) is 5.02 Å². The molecule has 2 unspecified atom stereocenters. The molecule has 6 nitrogen and oxygen atoms in total. The molecule has 3 N–H and O–H groups in total. The fourth-order valence-electron chi connectivity index (χ4n) is 3.81. The molecule has 4 rings (SSSR count). The monoisotopic (exact) mass is 442 g/mol. The molecule has 1 aliphatic rings. The number of carbonyl (C=O) groups is 1. The lowest BCUT2D eigenvalue weighted by Gasteiger charge is -2.20. The van der Waals surface area contributed by atoms with Crippen molar-refractivity contribution in [3.8, 4) is 11.1 Å². The molecule has 3 aromatic rings. The van der Waals surface area contributed by atoms with Crippen LogP contribution in [0.4, 0.5) is 9.18 Å². The number of aliphatic hydroxyl groups excluding tert-OH is 2. The van der Waals surface area contributed by atoms with Gasteiger partial charge in [-0.25, -0.2) is 9.78 Å². The normalized spacial score (nSPS) is 14.5. The number of nitrogens with zero attached hydrogens (tertiary/aromatic N) is 1. The van der Waals surface area contributed by atoms with E-state index in [-0.39, 0.29) is 29.7 Å². The van der Waals surface area contributed by atoms with Crippen molar-refractivity contribution < 1.29 is 24.1 Å². The average molecular weight is 443 g/mol. The first-order valence-corrected chi connectivity index (χ1v) is 10.1. The Morgan fingerprint density at radius 2 is 1.74 bits per heavy atom. The topological polar surface area (TPSA) is 91.7 Å². The van der Waals surface area contributed by atoms with Crippen molar-refractivity contribution in [2.24, 2.45) is 0 Å². The number of amides is 1. The van der Waals surface area contributed by atoms with E-state index in [4.69, 9.17) is 16.3 Å². The molecular weight excluding hydrogens is 423 g/mol. The zero-order chi connectivity index (χ0) is 22.0. The fraction of sp³-hybridized carbons (Fsp3) is 0.217. The van der Waals surface area contributed by atoms with Gasteiger partial charge in [0, 0.05) is 30.3 Å². The maximum Gasteiger partial charge on any atom is 0.407 e. The maximum absolute atomic E-state index is 13.3. The van der Waals surface area contributed by atoms with Crippen molar-refractivity contribution in [2.75, 3.05) is 13.2 Å². The number of halogens is 2. The first-order chi connectivity index (χ1) is 15.0. The van der Waals surface area contributed by atoms with Crippen LogP contribution in [-0.4, -0.2) is 40.5 Å². The van der Waals surface area contributed by atoms with Gasteiger partial charge in [-0.1, -0.05) is 60.1 Å². The summed E-state index contributed by atoms with van der Waals surface area (Å²) in [4.78, 5) is 15.6. The average Bonchev–Trinajstić information content (AvgIpc) is 3.11. The van der Waals surface area contributed by atoms with Gasteiger partial charge in [0.1, 0.15) is 18.8 Å². The molecular formula is C23H20ClFN2O4. The third kappa shape index (κ3) is 4.39. The Balaban J connectivity index is 1.35. The summed E-state index contributed by atoms with van der Waals surface area (Å²) in [7, 11) is 0. The summed E-state index contributed by atoms with van der Waals surface area (Å²) < 4.78 is 18.7. The Morgan fingerprint density at radius 1 is 1.13 bits per heavy atom. The number of aromatic nitrogens is 1. The smallest absolute Gasteiger partial charge is 0.407 e. The summed E-state index contributed by atoms with van der Waals surface area (Å²) in [5.74, 6) is -0.928. The van der Waals surface area contributed by atoms with Gasteiger partial charge >= 0.3 is 6.09 Å². The van der Waals surface area contributed by atoms with Crippen LogP contribution in [0.3, 0.4) is 0 Å². The van der Waals surface area contributed by atoms with Crippen LogP contribution in [0.5, 0.6) is 0 Å². The highest BCUT2D eigenvalue weighted by molar-refractivity contribution is 6.31. The van der Waals surface area contributed by atoms with E-state index in [1.807, 2.05) is 48.5 Å². The van der Waals surface area contributed by atoms with Crippen molar-refractivity contribution in [3.63, 3.8) is 0 Å². The molecule has 160 valence electrons. The lowest BCUT2D eigenvalue weighted by Crippen LogP contribution is -2.36. The lowest BCUT2D eigenvalue weighted by molar-refractivity contribution is 0.0184. The maximum atomic E-state index is 13.3. The summed E-state index contributed by atoms with van der Waals surface area (Å²) >= 11 is 5.89. The number of hydrogen-bond acceptors (Lipinski definition) is 5. The van der Waals surface area contributed by atoms with Crippen LogP contribution in [0.1, 0.15) is 28.7 Å². The molecule has 0 spiro atoms. The van der Waals surface area contributed by atoms with Crippen molar-refractivity contribution in [1.29, 1.82) is 0 Å². The molecule has 1 heterocycles. The Labute approximate surface area is 183 Å². The minimum atomic E-state index is -1.50. The summed E-state index contributed by atoms with van der Waals surface area (Å²) in [6.07, 6.45) is -2.61. The van der Waals surface area contributed by atoms with Crippen LogP contribution >= 0.6 is 11.6 Å². The van der Waals surface area contributed by atoms with Gasteiger partial charge in [-0.3, -0.25) is 0 Å². The number of hydrogen-bond donors (Lipinski definition) is 3. The van der Waals surface area contributed by atoms with Gasteiger partial charge in [-0.15, -0.1) is 0 Å². The highest BCUT2D eigenvalue weighted by atomic mass is 35.5. The summed E-state index contributed by atoms with van der Waals surface area (Å²) in [5, 5.41) is 22.8. The second kappa shape index (κ2) is 9.01. The first kappa shape index (κ1) is 21.2. The predicted molar refractivity (Wildman–Crippen MR) is 113 cm³/mol. The minimum absolute atomic E-state index is 0.00842. The number of rotatable bonds is 6. The Kier molecular flexibility index (Phi) is 6.18. The summed E-state index contributed by atoms with van der Waals surface area (Å²) in [5.41, 5.74) is 4.39. The number of ether oxygens (including phenoxy) is 1. The number of carbonyl (C=O) groups excluding carboxylic acids is 1. The SMILES string of the molecule is O=C(NCC(O)C(O)c1cc(F)ncc1Cl)OCC1c2ccccc2-c2ccccc21. The zero-order valence-corrected chi connectivity index (χ0v) is 17.1. The van der Waals surface area contributed by atoms with Crippen molar-refractivity contribution in [1.82, 2.24) is 10.3 Å². The van der Waals surface area contributed by atoms with E-state index >= 15 is 0 Å². The fourth-order valence-corrected chi connectivity index (χ4v) is 4.03. The second-order valence-electron chi connectivity index (χ2n) is 7.25. The number of aliphatic hydroxyl groups is 2. The number of benzene rings is 2. The van der Waals surface area contributed by atoms with E-state index in [9.17, 15) is 19.4 Å². The van der Waals surface area contributed by atoms with Gasteiger partial charge < -0.3 is 20.3 Å². The third-order valence-electron chi connectivity index (χ3n) is 5.33. The van der Waals surface area contributed by atoms with Crippen LogP contribution in [0.2, 0.25) is 5.02 Å².